The Morgan fingerprint density at radius 2 is 2.21 bits per heavy atom. The Balaban J connectivity index is 1.49. The number of carbonyl (C=O) groups is 1. The lowest BCUT2D eigenvalue weighted by atomic mass is 10.1. The molecule has 1 aromatic carbocycles. The van der Waals surface area contributed by atoms with Crippen LogP contribution in [0.1, 0.15) is 28.7 Å². The van der Waals surface area contributed by atoms with Crippen LogP contribution in [0, 0.1) is 0 Å². The van der Waals surface area contributed by atoms with Crippen LogP contribution in [0.15, 0.2) is 69.7 Å². The second kappa shape index (κ2) is 8.31. The number of likely N-dealkylation sites (N-methyl/N-ethyl adjacent to an activating group) is 1. The molecule has 0 saturated heterocycles. The summed E-state index contributed by atoms with van der Waals surface area (Å²) in [5, 5.41) is 8.93. The van der Waals surface area contributed by atoms with Crippen LogP contribution in [0.2, 0.25) is 5.02 Å². The number of thiophene rings is 1. The van der Waals surface area contributed by atoms with Crippen molar-refractivity contribution < 1.29 is 9.21 Å². The van der Waals surface area contributed by atoms with Crippen LogP contribution in [0.4, 0.5) is 0 Å². The van der Waals surface area contributed by atoms with Crippen molar-refractivity contribution in [2.75, 3.05) is 13.6 Å². The number of furan rings is 1. The number of benzene rings is 1. The molecule has 5 nitrogen and oxygen atoms in total. The summed E-state index contributed by atoms with van der Waals surface area (Å²) in [7, 11) is 1.92. The molecule has 0 fully saturated rings. The number of amides is 1. The minimum absolute atomic E-state index is 0.0579. The molecule has 1 aliphatic rings. The quantitative estimate of drug-likeness (QED) is 0.583. The highest BCUT2D eigenvalue weighted by atomic mass is 35.5. The van der Waals surface area contributed by atoms with Gasteiger partial charge in [-0.2, -0.15) is 5.10 Å². The van der Waals surface area contributed by atoms with Crippen LogP contribution in [0.3, 0.4) is 0 Å². The zero-order chi connectivity index (χ0) is 19.5. The van der Waals surface area contributed by atoms with Crippen LogP contribution in [0.5, 0.6) is 0 Å². The normalized spacial score (nSPS) is 16.6. The Morgan fingerprint density at radius 1 is 1.32 bits per heavy atom. The van der Waals surface area contributed by atoms with Crippen molar-refractivity contribution in [3.63, 3.8) is 0 Å². The van der Waals surface area contributed by atoms with E-state index in [1.807, 2.05) is 65.9 Å². The fraction of sp³-hybridized carbons (Fsp3) is 0.238. The molecule has 1 aliphatic heterocycles. The second-order valence-corrected chi connectivity index (χ2v) is 8.18. The molecule has 3 aromatic rings. The number of rotatable bonds is 6. The molecule has 0 spiro atoms. The van der Waals surface area contributed by atoms with E-state index in [2.05, 4.69) is 5.10 Å². The summed E-state index contributed by atoms with van der Waals surface area (Å²) < 4.78 is 5.59. The fourth-order valence-corrected chi connectivity index (χ4v) is 4.27. The molecule has 144 valence electrons. The van der Waals surface area contributed by atoms with Crippen LogP contribution in [-0.2, 0) is 11.3 Å². The van der Waals surface area contributed by atoms with E-state index in [1.54, 1.807) is 22.6 Å². The molecule has 1 unspecified atom stereocenters. The predicted molar refractivity (Wildman–Crippen MR) is 112 cm³/mol. The molecule has 0 bridgehead atoms. The highest BCUT2D eigenvalue weighted by molar-refractivity contribution is 7.12. The van der Waals surface area contributed by atoms with Crippen LogP contribution in [0.25, 0.3) is 0 Å². The summed E-state index contributed by atoms with van der Waals surface area (Å²) in [5.41, 5.74) is 1.98. The monoisotopic (exact) mass is 413 g/mol. The number of nitrogens with zero attached hydrogens (tertiary/aromatic N) is 3. The average molecular weight is 414 g/mol. The zero-order valence-electron chi connectivity index (χ0n) is 15.4. The minimum Gasteiger partial charge on any atom is -0.467 e. The third kappa shape index (κ3) is 4.19. The lowest BCUT2D eigenvalue weighted by molar-refractivity contribution is -0.134. The van der Waals surface area contributed by atoms with Crippen molar-refractivity contribution in [1.29, 1.82) is 0 Å². The smallest absolute Gasteiger partial charge is 0.257 e. The lowest BCUT2D eigenvalue weighted by Gasteiger charge is -2.23. The largest absolute Gasteiger partial charge is 0.467 e. The number of carbonyl (C=O) groups excluding carboxylic acids is 1. The number of hydrogen-bond acceptors (Lipinski definition) is 5. The maximum absolute atomic E-state index is 13.0. The van der Waals surface area contributed by atoms with Gasteiger partial charge in [0.1, 0.15) is 11.8 Å². The Morgan fingerprint density at radius 3 is 2.93 bits per heavy atom. The average Bonchev–Trinajstić information content (AvgIpc) is 3.41. The van der Waals surface area contributed by atoms with Crippen LogP contribution in [-0.4, -0.2) is 35.1 Å². The van der Waals surface area contributed by atoms with E-state index in [-0.39, 0.29) is 18.5 Å². The Hall–Kier alpha value is -2.41. The van der Waals surface area contributed by atoms with Gasteiger partial charge in [-0.15, -0.1) is 11.3 Å². The third-order valence-corrected chi connectivity index (χ3v) is 5.74. The highest BCUT2D eigenvalue weighted by Gasteiger charge is 2.35. The van der Waals surface area contributed by atoms with Gasteiger partial charge in [-0.25, -0.2) is 5.01 Å². The molecular weight excluding hydrogens is 394 g/mol. The Labute approximate surface area is 172 Å². The Kier molecular flexibility index (Phi) is 5.62. The first kappa shape index (κ1) is 18.9. The maximum Gasteiger partial charge on any atom is 0.257 e. The zero-order valence-corrected chi connectivity index (χ0v) is 17.0. The van der Waals surface area contributed by atoms with E-state index < -0.39 is 0 Å². The van der Waals surface area contributed by atoms with E-state index in [0.29, 0.717) is 18.0 Å². The Bertz CT molecular complexity index is 969. The van der Waals surface area contributed by atoms with Gasteiger partial charge < -0.3 is 4.42 Å². The first-order chi connectivity index (χ1) is 13.6. The molecule has 0 radical (unpaired) electrons. The van der Waals surface area contributed by atoms with Crippen molar-refractivity contribution in [3.8, 4) is 0 Å². The summed E-state index contributed by atoms with van der Waals surface area (Å²) in [6.45, 7) is 0.887. The first-order valence-electron chi connectivity index (χ1n) is 9.00. The van der Waals surface area contributed by atoms with Crippen molar-refractivity contribution in [1.82, 2.24) is 9.91 Å². The van der Waals surface area contributed by atoms with Gasteiger partial charge >= 0.3 is 0 Å². The molecule has 2 aromatic heterocycles. The van der Waals surface area contributed by atoms with E-state index in [4.69, 9.17) is 16.0 Å². The lowest BCUT2D eigenvalue weighted by Crippen LogP contribution is -2.36. The molecule has 0 saturated carbocycles. The summed E-state index contributed by atoms with van der Waals surface area (Å²) in [6, 6.07) is 15.2. The van der Waals surface area contributed by atoms with Crippen molar-refractivity contribution >= 4 is 34.6 Å². The second-order valence-electron chi connectivity index (χ2n) is 6.80. The van der Waals surface area contributed by atoms with E-state index in [0.717, 1.165) is 21.9 Å². The summed E-state index contributed by atoms with van der Waals surface area (Å²) >= 11 is 7.69. The summed E-state index contributed by atoms with van der Waals surface area (Å²) in [6.07, 6.45) is 2.28. The van der Waals surface area contributed by atoms with Crippen LogP contribution < -0.4 is 0 Å². The standard InChI is InChI=1S/C21H20ClN3O2S/c1-24(13-15-5-2-6-16(22)11-15)14-21(26)25-18(19-7-3-9-27-19)12-17(23-25)20-8-4-10-28-20/h2-11,18H,12-14H2,1H3. The molecule has 1 atom stereocenters. The first-order valence-corrected chi connectivity index (χ1v) is 10.3. The molecule has 3 heterocycles. The highest BCUT2D eigenvalue weighted by Crippen LogP contribution is 2.34. The molecule has 4 rings (SSSR count). The molecule has 0 N–H and O–H groups in total. The topological polar surface area (TPSA) is 49.1 Å². The van der Waals surface area contributed by atoms with Gasteiger partial charge in [-0.3, -0.25) is 9.69 Å². The molecular formula is C21H20ClN3O2S. The van der Waals surface area contributed by atoms with Crippen molar-refractivity contribution in [2.24, 2.45) is 5.10 Å². The van der Waals surface area contributed by atoms with E-state index >= 15 is 0 Å². The number of halogens is 1. The van der Waals surface area contributed by atoms with Crippen molar-refractivity contribution in [2.45, 2.75) is 19.0 Å². The van der Waals surface area contributed by atoms with Gasteiger partial charge in [0.2, 0.25) is 0 Å². The van der Waals surface area contributed by atoms with Gasteiger partial charge in [0.05, 0.1) is 23.4 Å². The summed E-state index contributed by atoms with van der Waals surface area (Å²) in [5.74, 6) is 0.693. The van der Waals surface area contributed by atoms with Gasteiger partial charge in [0, 0.05) is 18.0 Å². The number of hydrazone groups is 1. The van der Waals surface area contributed by atoms with E-state index in [1.165, 1.54) is 0 Å². The third-order valence-electron chi connectivity index (χ3n) is 4.59. The number of hydrogen-bond donors (Lipinski definition) is 0. The molecule has 1 amide bonds. The molecule has 7 heteroatoms. The van der Waals surface area contributed by atoms with Crippen LogP contribution >= 0.6 is 22.9 Å². The van der Waals surface area contributed by atoms with Gasteiger partial charge in [0.25, 0.3) is 5.91 Å². The SMILES string of the molecule is CN(CC(=O)N1N=C(c2cccs2)CC1c1ccco1)Cc1cccc(Cl)c1. The fourth-order valence-electron chi connectivity index (χ4n) is 3.34. The van der Waals surface area contributed by atoms with Gasteiger partial charge in [-0.1, -0.05) is 29.8 Å². The predicted octanol–water partition coefficient (Wildman–Crippen LogP) is 4.80. The molecule has 28 heavy (non-hydrogen) atoms. The summed E-state index contributed by atoms with van der Waals surface area (Å²) in [4.78, 5) is 16.1. The van der Waals surface area contributed by atoms with E-state index in [9.17, 15) is 4.79 Å². The minimum atomic E-state index is -0.209. The van der Waals surface area contributed by atoms with Gasteiger partial charge in [0.15, 0.2) is 0 Å². The molecule has 0 aliphatic carbocycles. The maximum atomic E-state index is 13.0. The van der Waals surface area contributed by atoms with Crippen molar-refractivity contribution in [3.05, 3.63) is 81.4 Å². The van der Waals surface area contributed by atoms with Gasteiger partial charge in [-0.05, 0) is 48.3 Å².